The molecule has 0 unspecified atom stereocenters. The maximum absolute atomic E-state index is 13.2. The van der Waals surface area contributed by atoms with Gasteiger partial charge in [0.2, 0.25) is 11.8 Å². The van der Waals surface area contributed by atoms with Crippen molar-refractivity contribution in [3.8, 4) is 0 Å². The van der Waals surface area contributed by atoms with E-state index >= 15 is 0 Å². The van der Waals surface area contributed by atoms with E-state index in [1.807, 2.05) is 44.2 Å². The van der Waals surface area contributed by atoms with Crippen LogP contribution < -0.4 is 10.6 Å². The molecule has 3 atom stereocenters. The molecule has 1 saturated carbocycles. The summed E-state index contributed by atoms with van der Waals surface area (Å²) < 4.78 is 5.72. The maximum Gasteiger partial charge on any atom is 0.309 e. The van der Waals surface area contributed by atoms with Crippen LogP contribution in [0.5, 0.6) is 0 Å². The normalized spacial score (nSPS) is 16.7. The van der Waals surface area contributed by atoms with Crippen molar-refractivity contribution in [2.24, 2.45) is 17.8 Å². The number of carbonyl (C=O) groups is 3. The first-order valence-electron chi connectivity index (χ1n) is 13.9. The van der Waals surface area contributed by atoms with Gasteiger partial charge in [-0.1, -0.05) is 69.2 Å². The van der Waals surface area contributed by atoms with Crippen LogP contribution in [0.3, 0.4) is 0 Å². The predicted octanol–water partition coefficient (Wildman–Crippen LogP) is 4.50. The van der Waals surface area contributed by atoms with E-state index in [4.69, 9.17) is 4.74 Å². The van der Waals surface area contributed by atoms with Crippen molar-refractivity contribution in [1.29, 1.82) is 0 Å². The zero-order valence-corrected chi connectivity index (χ0v) is 23.1. The molecule has 0 saturated heterocycles. The summed E-state index contributed by atoms with van der Waals surface area (Å²) in [6.07, 6.45) is 9.12. The molecular weight excluding hydrogens is 480 g/mol. The topological polar surface area (TPSA) is 105 Å². The molecule has 0 aliphatic heterocycles. The first kappa shape index (κ1) is 31.3. The number of benzene rings is 1. The standard InChI is InChI=1S/C31H46N2O5/c1-5-7-16-26(19-24-14-9-8-10-15-24)30(37)38-21-27(23(3)4)32-29(36)25(13-6-2)20-28(35)33-31(22-34)17-11-12-18-31/h5-6,8-10,14-15,23,25-27,34H,1-2,7,11-13,16-22H2,3-4H3,(H,32,36)(H,33,35)/t25-,26+,27+/m0/s1. The van der Waals surface area contributed by atoms with Gasteiger partial charge in [-0.15, -0.1) is 13.2 Å². The predicted molar refractivity (Wildman–Crippen MR) is 150 cm³/mol. The van der Waals surface area contributed by atoms with Crippen LogP contribution in [-0.4, -0.2) is 47.7 Å². The van der Waals surface area contributed by atoms with Crippen molar-refractivity contribution >= 4 is 17.8 Å². The van der Waals surface area contributed by atoms with Crippen LogP contribution in [0.4, 0.5) is 0 Å². The van der Waals surface area contributed by atoms with E-state index in [0.29, 0.717) is 25.7 Å². The van der Waals surface area contributed by atoms with Gasteiger partial charge >= 0.3 is 5.97 Å². The first-order valence-corrected chi connectivity index (χ1v) is 13.9. The molecule has 210 valence electrons. The fraction of sp³-hybridized carbons (Fsp3) is 0.581. The lowest BCUT2D eigenvalue weighted by atomic mass is 9.94. The van der Waals surface area contributed by atoms with E-state index in [-0.39, 0.29) is 49.3 Å². The highest BCUT2D eigenvalue weighted by Crippen LogP contribution is 2.29. The molecule has 3 N–H and O–H groups in total. The van der Waals surface area contributed by atoms with Gasteiger partial charge in [-0.2, -0.15) is 0 Å². The van der Waals surface area contributed by atoms with Gasteiger partial charge in [-0.3, -0.25) is 14.4 Å². The Kier molecular flexibility index (Phi) is 13.3. The molecule has 0 radical (unpaired) electrons. The smallest absolute Gasteiger partial charge is 0.309 e. The SMILES string of the molecule is C=CCC[C@H](Cc1ccccc1)C(=O)OC[C@@H](NC(=O)[C@@H](CC=C)CC(=O)NC1(CO)CCCC1)C(C)C. The minimum atomic E-state index is -0.597. The summed E-state index contributed by atoms with van der Waals surface area (Å²) in [6.45, 7) is 11.4. The lowest BCUT2D eigenvalue weighted by Crippen LogP contribution is -2.51. The highest BCUT2D eigenvalue weighted by atomic mass is 16.5. The lowest BCUT2D eigenvalue weighted by Gasteiger charge is -2.29. The summed E-state index contributed by atoms with van der Waals surface area (Å²) in [5.74, 6) is -1.69. The summed E-state index contributed by atoms with van der Waals surface area (Å²) in [6, 6.07) is 9.45. The number of rotatable bonds is 17. The second-order valence-corrected chi connectivity index (χ2v) is 10.9. The molecule has 38 heavy (non-hydrogen) atoms. The fourth-order valence-electron chi connectivity index (χ4n) is 4.94. The van der Waals surface area contributed by atoms with E-state index in [0.717, 1.165) is 31.2 Å². The van der Waals surface area contributed by atoms with Gasteiger partial charge in [0, 0.05) is 6.42 Å². The number of esters is 1. The zero-order chi connectivity index (χ0) is 28.0. The molecule has 0 heterocycles. The Morgan fingerprint density at radius 1 is 1.08 bits per heavy atom. The van der Waals surface area contributed by atoms with Crippen LogP contribution in [0, 0.1) is 17.8 Å². The molecule has 1 aliphatic rings. The van der Waals surface area contributed by atoms with Crippen LogP contribution in [0.15, 0.2) is 55.6 Å². The van der Waals surface area contributed by atoms with Crippen LogP contribution in [0.2, 0.25) is 0 Å². The molecule has 7 nitrogen and oxygen atoms in total. The Morgan fingerprint density at radius 3 is 2.34 bits per heavy atom. The van der Waals surface area contributed by atoms with Crippen molar-refractivity contribution in [1.82, 2.24) is 10.6 Å². The number of amides is 2. The number of allylic oxidation sites excluding steroid dienone is 2. The van der Waals surface area contributed by atoms with Gasteiger partial charge in [0.05, 0.1) is 30.0 Å². The van der Waals surface area contributed by atoms with Gasteiger partial charge in [-0.05, 0) is 50.0 Å². The first-order chi connectivity index (χ1) is 18.2. The molecule has 1 fully saturated rings. The Labute approximate surface area is 228 Å². The Bertz CT molecular complexity index is 908. The Morgan fingerprint density at radius 2 is 1.76 bits per heavy atom. The van der Waals surface area contributed by atoms with Crippen molar-refractivity contribution in [3.05, 3.63) is 61.2 Å². The number of carbonyl (C=O) groups excluding carboxylic acids is 3. The highest BCUT2D eigenvalue weighted by molar-refractivity contribution is 5.86. The van der Waals surface area contributed by atoms with Crippen molar-refractivity contribution in [2.75, 3.05) is 13.2 Å². The summed E-state index contributed by atoms with van der Waals surface area (Å²) in [5.41, 5.74) is 0.487. The Balaban J connectivity index is 1.98. The molecule has 0 bridgehead atoms. The number of aliphatic hydroxyl groups excluding tert-OH is 1. The second-order valence-electron chi connectivity index (χ2n) is 10.9. The molecule has 0 aromatic heterocycles. The average Bonchev–Trinajstić information content (AvgIpc) is 3.37. The number of hydrogen-bond acceptors (Lipinski definition) is 5. The van der Waals surface area contributed by atoms with Crippen LogP contribution in [-0.2, 0) is 25.5 Å². The fourth-order valence-corrected chi connectivity index (χ4v) is 4.94. The molecule has 1 aromatic rings. The van der Waals surface area contributed by atoms with Crippen LogP contribution in [0.25, 0.3) is 0 Å². The van der Waals surface area contributed by atoms with Gasteiger partial charge in [-0.25, -0.2) is 0 Å². The molecule has 0 spiro atoms. The minimum absolute atomic E-state index is 0.00487. The third-order valence-corrected chi connectivity index (χ3v) is 7.44. The quantitative estimate of drug-likeness (QED) is 0.205. The van der Waals surface area contributed by atoms with E-state index in [1.165, 1.54) is 0 Å². The Hall–Kier alpha value is -2.93. The molecule has 2 amide bonds. The van der Waals surface area contributed by atoms with Crippen molar-refractivity contribution in [2.45, 2.75) is 83.2 Å². The number of hydrogen-bond donors (Lipinski definition) is 3. The summed E-state index contributed by atoms with van der Waals surface area (Å²) in [4.78, 5) is 39.0. The summed E-state index contributed by atoms with van der Waals surface area (Å²) >= 11 is 0. The van der Waals surface area contributed by atoms with E-state index in [9.17, 15) is 19.5 Å². The van der Waals surface area contributed by atoms with Crippen molar-refractivity contribution in [3.63, 3.8) is 0 Å². The van der Waals surface area contributed by atoms with E-state index in [1.54, 1.807) is 12.2 Å². The molecule has 7 heteroatoms. The number of ether oxygens (including phenoxy) is 1. The van der Waals surface area contributed by atoms with E-state index in [2.05, 4.69) is 23.8 Å². The van der Waals surface area contributed by atoms with Crippen LogP contribution >= 0.6 is 0 Å². The van der Waals surface area contributed by atoms with Gasteiger partial charge in [0.15, 0.2) is 0 Å². The molecule has 1 aliphatic carbocycles. The molecule has 2 rings (SSSR count). The third kappa shape index (κ3) is 10.1. The number of nitrogens with one attached hydrogen (secondary N) is 2. The maximum atomic E-state index is 13.2. The monoisotopic (exact) mass is 526 g/mol. The van der Waals surface area contributed by atoms with Gasteiger partial charge < -0.3 is 20.5 Å². The third-order valence-electron chi connectivity index (χ3n) is 7.44. The lowest BCUT2D eigenvalue weighted by molar-refractivity contribution is -0.150. The molecular formula is C31H46N2O5. The summed E-state index contributed by atoms with van der Waals surface area (Å²) in [7, 11) is 0. The minimum Gasteiger partial charge on any atom is -0.463 e. The summed E-state index contributed by atoms with van der Waals surface area (Å²) in [5, 5.41) is 15.8. The van der Waals surface area contributed by atoms with Gasteiger partial charge in [0.25, 0.3) is 0 Å². The zero-order valence-electron chi connectivity index (χ0n) is 23.1. The number of aliphatic hydroxyl groups is 1. The highest BCUT2D eigenvalue weighted by Gasteiger charge is 2.35. The average molecular weight is 527 g/mol. The van der Waals surface area contributed by atoms with Crippen molar-refractivity contribution < 1.29 is 24.2 Å². The van der Waals surface area contributed by atoms with Gasteiger partial charge in [0.1, 0.15) is 6.61 Å². The second kappa shape index (κ2) is 16.1. The van der Waals surface area contributed by atoms with Crippen LogP contribution in [0.1, 0.15) is 70.8 Å². The molecule has 1 aromatic carbocycles. The largest absolute Gasteiger partial charge is 0.463 e. The van der Waals surface area contributed by atoms with E-state index < -0.39 is 17.5 Å².